The van der Waals surface area contributed by atoms with E-state index in [0.717, 1.165) is 30.5 Å². The first kappa shape index (κ1) is 11.9. The molecule has 1 aliphatic heterocycles. The molecule has 96 valence electrons. The molecule has 5 heteroatoms. The molecule has 0 spiro atoms. The second-order valence-electron chi connectivity index (χ2n) is 4.69. The van der Waals surface area contributed by atoms with Crippen LogP contribution >= 0.6 is 12.2 Å². The molecule has 3 rings (SSSR count). The van der Waals surface area contributed by atoms with Crippen LogP contribution in [0.25, 0.3) is 11.0 Å². The number of imidazole rings is 1. The zero-order valence-corrected chi connectivity index (χ0v) is 10.8. The minimum absolute atomic E-state index is 0.188. The van der Waals surface area contributed by atoms with Crippen LogP contribution in [0.5, 0.6) is 0 Å². The van der Waals surface area contributed by atoms with E-state index in [9.17, 15) is 4.39 Å². The Morgan fingerprint density at radius 2 is 2.33 bits per heavy atom. The summed E-state index contributed by atoms with van der Waals surface area (Å²) in [5.41, 5.74) is 1.69. The monoisotopic (exact) mass is 266 g/mol. The molecule has 2 aromatic rings. The number of fused-ring (bicyclic) bond motifs is 1. The molecule has 1 aromatic heterocycles. The zero-order chi connectivity index (χ0) is 12.5. The molecule has 1 atom stereocenters. The summed E-state index contributed by atoms with van der Waals surface area (Å²) >= 11 is 5.29. The van der Waals surface area contributed by atoms with Crippen molar-refractivity contribution < 1.29 is 9.13 Å². The highest BCUT2D eigenvalue weighted by atomic mass is 32.1. The van der Waals surface area contributed by atoms with Gasteiger partial charge in [0.05, 0.1) is 23.7 Å². The number of hydrogen-bond donors (Lipinski definition) is 1. The van der Waals surface area contributed by atoms with Gasteiger partial charge in [-0.2, -0.15) is 0 Å². The van der Waals surface area contributed by atoms with E-state index < -0.39 is 0 Å². The van der Waals surface area contributed by atoms with Crippen LogP contribution in [0.4, 0.5) is 4.39 Å². The third-order valence-corrected chi connectivity index (χ3v) is 3.72. The van der Waals surface area contributed by atoms with Crippen molar-refractivity contribution in [3.8, 4) is 0 Å². The Labute approximate surface area is 110 Å². The van der Waals surface area contributed by atoms with E-state index in [0.29, 0.717) is 11.3 Å². The van der Waals surface area contributed by atoms with Crippen LogP contribution in [0.3, 0.4) is 0 Å². The van der Waals surface area contributed by atoms with Crippen molar-refractivity contribution in [2.75, 3.05) is 6.61 Å². The molecule has 1 saturated heterocycles. The molecule has 0 bridgehead atoms. The summed E-state index contributed by atoms with van der Waals surface area (Å²) in [5, 5.41) is 0. The lowest BCUT2D eigenvalue weighted by atomic mass is 10.1. The molecule has 2 heterocycles. The molecular formula is C13H15FN2OS. The van der Waals surface area contributed by atoms with Gasteiger partial charge in [0.2, 0.25) is 0 Å². The van der Waals surface area contributed by atoms with Crippen molar-refractivity contribution in [2.24, 2.45) is 0 Å². The highest BCUT2D eigenvalue weighted by Gasteiger charge is 2.16. The Morgan fingerprint density at radius 3 is 3.11 bits per heavy atom. The summed E-state index contributed by atoms with van der Waals surface area (Å²) in [6, 6.07) is 4.68. The number of aromatic amines is 1. The Bertz CT molecular complexity index is 613. The third-order valence-electron chi connectivity index (χ3n) is 3.40. The molecule has 0 aliphatic carbocycles. The van der Waals surface area contributed by atoms with E-state index in [2.05, 4.69) is 4.98 Å². The highest BCUT2D eigenvalue weighted by Crippen LogP contribution is 2.20. The number of ether oxygens (including phenoxy) is 1. The van der Waals surface area contributed by atoms with Crippen LogP contribution < -0.4 is 0 Å². The quantitative estimate of drug-likeness (QED) is 0.844. The molecule has 1 fully saturated rings. The summed E-state index contributed by atoms with van der Waals surface area (Å²) in [5.74, 6) is -0.241. The number of benzene rings is 1. The van der Waals surface area contributed by atoms with E-state index >= 15 is 0 Å². The van der Waals surface area contributed by atoms with E-state index in [1.165, 1.54) is 18.6 Å². The van der Waals surface area contributed by atoms with Gasteiger partial charge in [-0.3, -0.25) is 0 Å². The maximum Gasteiger partial charge on any atom is 0.178 e. The van der Waals surface area contributed by atoms with Gasteiger partial charge in [0, 0.05) is 6.61 Å². The first-order chi connectivity index (χ1) is 8.74. The number of hydrogen-bond acceptors (Lipinski definition) is 2. The predicted molar refractivity (Wildman–Crippen MR) is 70.7 cm³/mol. The number of nitrogens with one attached hydrogen (secondary N) is 1. The lowest BCUT2D eigenvalue weighted by molar-refractivity contribution is 0.00640. The van der Waals surface area contributed by atoms with Gasteiger partial charge >= 0.3 is 0 Å². The van der Waals surface area contributed by atoms with Gasteiger partial charge in [-0.05, 0) is 49.7 Å². The van der Waals surface area contributed by atoms with Gasteiger partial charge in [-0.25, -0.2) is 4.39 Å². The van der Waals surface area contributed by atoms with Crippen LogP contribution in [0.2, 0.25) is 0 Å². The Balaban J connectivity index is 1.97. The van der Waals surface area contributed by atoms with Crippen molar-refractivity contribution in [2.45, 2.75) is 31.9 Å². The molecule has 1 unspecified atom stereocenters. The molecule has 1 N–H and O–H groups in total. The molecule has 0 amide bonds. The first-order valence-electron chi connectivity index (χ1n) is 6.24. The molecule has 3 nitrogen and oxygen atoms in total. The van der Waals surface area contributed by atoms with Crippen LogP contribution in [0.15, 0.2) is 18.2 Å². The highest BCUT2D eigenvalue weighted by molar-refractivity contribution is 7.71. The molecule has 1 aliphatic rings. The normalized spacial score (nSPS) is 20.4. The molecule has 18 heavy (non-hydrogen) atoms. The van der Waals surface area contributed by atoms with Crippen molar-refractivity contribution in [1.29, 1.82) is 0 Å². The largest absolute Gasteiger partial charge is 0.376 e. The number of rotatable bonds is 2. The van der Waals surface area contributed by atoms with Crippen molar-refractivity contribution in [3.63, 3.8) is 0 Å². The number of nitrogens with zero attached hydrogens (tertiary/aromatic N) is 1. The second kappa shape index (κ2) is 4.82. The van der Waals surface area contributed by atoms with Gasteiger partial charge in [0.15, 0.2) is 4.77 Å². The van der Waals surface area contributed by atoms with Crippen molar-refractivity contribution in [3.05, 3.63) is 28.8 Å². The number of halogens is 1. The van der Waals surface area contributed by atoms with Gasteiger partial charge in [-0.1, -0.05) is 0 Å². The SMILES string of the molecule is Fc1ccc2[nH]c(=S)n(CC3CCCCO3)c2c1. The van der Waals surface area contributed by atoms with Crippen molar-refractivity contribution >= 4 is 23.3 Å². The van der Waals surface area contributed by atoms with Gasteiger partial charge in [0.25, 0.3) is 0 Å². The maximum atomic E-state index is 13.3. The molecular weight excluding hydrogens is 251 g/mol. The zero-order valence-electron chi connectivity index (χ0n) is 9.99. The Kier molecular flexibility index (Phi) is 3.18. The minimum atomic E-state index is -0.241. The lowest BCUT2D eigenvalue weighted by Gasteiger charge is -2.23. The second-order valence-corrected chi connectivity index (χ2v) is 5.08. The van der Waals surface area contributed by atoms with E-state index in [1.54, 1.807) is 6.07 Å². The summed E-state index contributed by atoms with van der Waals surface area (Å²) in [4.78, 5) is 3.10. The summed E-state index contributed by atoms with van der Waals surface area (Å²) in [6.45, 7) is 1.51. The van der Waals surface area contributed by atoms with Crippen LogP contribution in [0.1, 0.15) is 19.3 Å². The fourth-order valence-corrected chi connectivity index (χ4v) is 2.75. The predicted octanol–water partition coefficient (Wildman–Crippen LogP) is 3.41. The molecule has 1 aromatic carbocycles. The topological polar surface area (TPSA) is 29.9 Å². The average Bonchev–Trinajstić information content (AvgIpc) is 2.67. The fraction of sp³-hybridized carbons (Fsp3) is 0.462. The Morgan fingerprint density at radius 1 is 1.44 bits per heavy atom. The van der Waals surface area contributed by atoms with E-state index in [4.69, 9.17) is 17.0 Å². The summed E-state index contributed by atoms with van der Waals surface area (Å²) in [6.07, 6.45) is 3.55. The minimum Gasteiger partial charge on any atom is -0.376 e. The number of aromatic nitrogens is 2. The van der Waals surface area contributed by atoms with Crippen LogP contribution in [-0.2, 0) is 11.3 Å². The Hall–Kier alpha value is -1.20. The van der Waals surface area contributed by atoms with Crippen LogP contribution in [0, 0.1) is 10.6 Å². The molecule has 0 radical (unpaired) electrons. The van der Waals surface area contributed by atoms with Gasteiger partial charge < -0.3 is 14.3 Å². The van der Waals surface area contributed by atoms with Gasteiger partial charge in [-0.15, -0.1) is 0 Å². The van der Waals surface area contributed by atoms with E-state index in [-0.39, 0.29) is 11.9 Å². The summed E-state index contributed by atoms with van der Waals surface area (Å²) in [7, 11) is 0. The van der Waals surface area contributed by atoms with Gasteiger partial charge in [0.1, 0.15) is 5.82 Å². The average molecular weight is 266 g/mol. The molecule has 0 saturated carbocycles. The van der Waals surface area contributed by atoms with Crippen molar-refractivity contribution in [1.82, 2.24) is 9.55 Å². The fourth-order valence-electron chi connectivity index (χ4n) is 2.46. The lowest BCUT2D eigenvalue weighted by Crippen LogP contribution is -2.24. The first-order valence-corrected chi connectivity index (χ1v) is 6.64. The standard InChI is InChI=1S/C13H15FN2OS/c14-9-4-5-11-12(7-9)16(13(18)15-11)8-10-3-1-2-6-17-10/h4-5,7,10H,1-3,6,8H2,(H,15,18). The third kappa shape index (κ3) is 2.20. The number of H-pyrrole nitrogens is 1. The van der Waals surface area contributed by atoms with E-state index in [1.807, 2.05) is 4.57 Å². The maximum absolute atomic E-state index is 13.3. The smallest absolute Gasteiger partial charge is 0.178 e. The summed E-state index contributed by atoms with van der Waals surface area (Å²) < 4.78 is 21.6. The van der Waals surface area contributed by atoms with Crippen LogP contribution in [-0.4, -0.2) is 22.3 Å².